The van der Waals surface area contributed by atoms with Gasteiger partial charge in [-0.25, -0.2) is 0 Å². The fraction of sp³-hybridized carbons (Fsp3) is 0.194. The predicted molar refractivity (Wildman–Crippen MR) is 158 cm³/mol. The maximum atomic E-state index is 12.9. The molecule has 3 aromatic carbocycles. The predicted octanol–water partition coefficient (Wildman–Crippen LogP) is 5.09. The van der Waals surface area contributed by atoms with E-state index in [0.29, 0.717) is 17.9 Å². The lowest BCUT2D eigenvalue weighted by molar-refractivity contribution is -0.109. The summed E-state index contributed by atoms with van der Waals surface area (Å²) in [6, 6.07) is 26.1. The SMILES string of the molecule is CN(C)c1cc2ccn(Cc3ccccc3)c2cc1SC[C@@H](C=O)NC(=O)c1cnn(Cc2ccccc2)c1. The molecule has 198 valence electrons. The van der Waals surface area contributed by atoms with Crippen LogP contribution in [0.1, 0.15) is 21.5 Å². The van der Waals surface area contributed by atoms with E-state index in [4.69, 9.17) is 0 Å². The maximum Gasteiger partial charge on any atom is 0.255 e. The van der Waals surface area contributed by atoms with E-state index in [9.17, 15) is 9.59 Å². The summed E-state index contributed by atoms with van der Waals surface area (Å²) < 4.78 is 3.96. The Morgan fingerprint density at radius 2 is 1.69 bits per heavy atom. The van der Waals surface area contributed by atoms with E-state index < -0.39 is 6.04 Å². The largest absolute Gasteiger partial charge is 0.377 e. The van der Waals surface area contributed by atoms with Gasteiger partial charge in [0.15, 0.2) is 0 Å². The van der Waals surface area contributed by atoms with Gasteiger partial charge in [-0.3, -0.25) is 9.48 Å². The number of hydrogen-bond donors (Lipinski definition) is 1. The van der Waals surface area contributed by atoms with Gasteiger partial charge < -0.3 is 19.6 Å². The van der Waals surface area contributed by atoms with Crippen LogP contribution >= 0.6 is 11.8 Å². The Morgan fingerprint density at radius 1 is 1.00 bits per heavy atom. The normalized spacial score (nSPS) is 11.8. The van der Waals surface area contributed by atoms with Crippen LogP contribution in [0.15, 0.2) is 102 Å². The summed E-state index contributed by atoms with van der Waals surface area (Å²) in [6.07, 6.45) is 6.14. The lowest BCUT2D eigenvalue weighted by Crippen LogP contribution is -2.37. The van der Waals surface area contributed by atoms with Crippen molar-refractivity contribution in [3.63, 3.8) is 0 Å². The summed E-state index contributed by atoms with van der Waals surface area (Å²) in [5.41, 5.74) is 4.96. The molecule has 39 heavy (non-hydrogen) atoms. The standard InChI is InChI=1S/C31H31N5O2S/c1-34(2)29-15-25-13-14-35(18-23-9-5-3-6-10-23)28(25)16-30(29)39-22-27(21-37)33-31(38)26-17-32-36(20-26)19-24-11-7-4-8-12-24/h3-17,20-21,27H,18-19,22H2,1-2H3,(H,33,38)/t27-/m1/s1. The Kier molecular flexibility index (Phi) is 8.13. The third kappa shape index (κ3) is 6.41. The van der Waals surface area contributed by atoms with Crippen LogP contribution in [0, 0.1) is 0 Å². The number of aromatic nitrogens is 3. The number of carbonyl (C=O) groups excluding carboxylic acids is 2. The Bertz CT molecular complexity index is 1560. The minimum absolute atomic E-state index is 0.313. The van der Waals surface area contributed by atoms with Gasteiger partial charge in [0.1, 0.15) is 6.29 Å². The number of hydrogen-bond acceptors (Lipinski definition) is 5. The van der Waals surface area contributed by atoms with Gasteiger partial charge in [0, 0.05) is 54.6 Å². The zero-order valence-corrected chi connectivity index (χ0v) is 22.8. The molecule has 5 rings (SSSR count). The number of carbonyl (C=O) groups is 2. The number of benzene rings is 3. The highest BCUT2D eigenvalue weighted by Crippen LogP contribution is 2.34. The first-order chi connectivity index (χ1) is 19.0. The van der Waals surface area contributed by atoms with E-state index in [0.717, 1.165) is 39.9 Å². The molecule has 0 saturated carbocycles. The maximum absolute atomic E-state index is 12.9. The summed E-state index contributed by atoms with van der Waals surface area (Å²) >= 11 is 1.56. The number of amides is 1. The molecule has 0 spiro atoms. The molecular weight excluding hydrogens is 506 g/mol. The topological polar surface area (TPSA) is 72.2 Å². The quantitative estimate of drug-likeness (QED) is 0.188. The number of fused-ring (bicyclic) bond motifs is 1. The van der Waals surface area contributed by atoms with E-state index >= 15 is 0 Å². The molecule has 5 aromatic rings. The van der Waals surface area contributed by atoms with Gasteiger partial charge in [-0.05, 0) is 29.3 Å². The average Bonchev–Trinajstić information content (AvgIpc) is 3.58. The van der Waals surface area contributed by atoms with Gasteiger partial charge in [-0.15, -0.1) is 11.8 Å². The van der Waals surface area contributed by atoms with Gasteiger partial charge in [0.2, 0.25) is 0 Å². The molecule has 7 nitrogen and oxygen atoms in total. The fourth-order valence-electron chi connectivity index (χ4n) is 4.47. The number of thioether (sulfide) groups is 1. The number of nitrogens with zero attached hydrogens (tertiary/aromatic N) is 4. The second kappa shape index (κ2) is 12.0. The van der Waals surface area contributed by atoms with Crippen molar-refractivity contribution >= 4 is 40.5 Å². The molecule has 0 unspecified atom stereocenters. The van der Waals surface area contributed by atoms with E-state index in [1.165, 1.54) is 11.8 Å². The molecule has 0 radical (unpaired) electrons. The third-order valence-corrected chi connectivity index (χ3v) is 7.68. The molecule has 1 N–H and O–H groups in total. The summed E-state index contributed by atoms with van der Waals surface area (Å²) in [6.45, 7) is 1.35. The Balaban J connectivity index is 1.28. The van der Waals surface area contributed by atoms with Crippen LogP contribution in [0.5, 0.6) is 0 Å². The van der Waals surface area contributed by atoms with Crippen molar-refractivity contribution in [3.05, 3.63) is 114 Å². The van der Waals surface area contributed by atoms with Crippen molar-refractivity contribution in [1.82, 2.24) is 19.7 Å². The first-order valence-electron chi connectivity index (χ1n) is 12.8. The second-order valence-corrected chi connectivity index (χ2v) is 10.7. The van der Waals surface area contributed by atoms with Crippen LogP contribution in [0.3, 0.4) is 0 Å². The van der Waals surface area contributed by atoms with Crippen molar-refractivity contribution in [3.8, 4) is 0 Å². The molecule has 2 heterocycles. The molecular formula is C31H31N5O2S. The Labute approximate surface area is 232 Å². The van der Waals surface area contributed by atoms with Crippen molar-refractivity contribution in [1.29, 1.82) is 0 Å². The van der Waals surface area contributed by atoms with Gasteiger partial charge in [0.25, 0.3) is 5.91 Å². The Morgan fingerprint density at radius 3 is 2.36 bits per heavy atom. The highest BCUT2D eigenvalue weighted by atomic mass is 32.2. The molecule has 0 fully saturated rings. The molecule has 0 aliphatic rings. The van der Waals surface area contributed by atoms with Gasteiger partial charge in [0.05, 0.1) is 30.0 Å². The van der Waals surface area contributed by atoms with Crippen molar-refractivity contribution in [2.75, 3.05) is 24.7 Å². The molecule has 0 bridgehead atoms. The zero-order chi connectivity index (χ0) is 27.2. The average molecular weight is 538 g/mol. The summed E-state index contributed by atoms with van der Waals surface area (Å²) in [5, 5.41) is 8.32. The Hall–Kier alpha value is -4.30. The number of rotatable bonds is 11. The van der Waals surface area contributed by atoms with Crippen molar-refractivity contribution < 1.29 is 9.59 Å². The highest BCUT2D eigenvalue weighted by molar-refractivity contribution is 7.99. The number of nitrogens with one attached hydrogen (secondary N) is 1. The molecule has 1 amide bonds. The van der Waals surface area contributed by atoms with Crippen LogP contribution in [0.25, 0.3) is 10.9 Å². The lowest BCUT2D eigenvalue weighted by Gasteiger charge is -2.19. The molecule has 0 saturated heterocycles. The van der Waals surface area contributed by atoms with Crippen LogP contribution in [0.4, 0.5) is 5.69 Å². The van der Waals surface area contributed by atoms with E-state index in [1.54, 1.807) is 22.6 Å². The van der Waals surface area contributed by atoms with Crippen molar-refractivity contribution in [2.24, 2.45) is 0 Å². The van der Waals surface area contributed by atoms with Crippen LogP contribution in [-0.2, 0) is 17.9 Å². The van der Waals surface area contributed by atoms with Gasteiger partial charge in [-0.1, -0.05) is 60.7 Å². The summed E-state index contributed by atoms with van der Waals surface area (Å²) in [7, 11) is 4.02. The first kappa shape index (κ1) is 26.3. The summed E-state index contributed by atoms with van der Waals surface area (Å²) in [4.78, 5) is 27.9. The highest BCUT2D eigenvalue weighted by Gasteiger charge is 2.17. The second-order valence-electron chi connectivity index (χ2n) is 9.64. The molecule has 1 atom stereocenters. The monoisotopic (exact) mass is 537 g/mol. The number of anilines is 1. The molecule has 0 aliphatic heterocycles. The molecule has 8 heteroatoms. The fourth-order valence-corrected chi connectivity index (χ4v) is 5.58. The van der Waals surface area contributed by atoms with Crippen LogP contribution < -0.4 is 10.2 Å². The summed E-state index contributed by atoms with van der Waals surface area (Å²) in [5.74, 6) is 0.103. The minimum atomic E-state index is -0.637. The third-order valence-electron chi connectivity index (χ3n) is 6.51. The lowest BCUT2D eigenvalue weighted by atomic mass is 10.2. The van der Waals surface area contributed by atoms with Gasteiger partial charge in [-0.2, -0.15) is 5.10 Å². The smallest absolute Gasteiger partial charge is 0.255 e. The van der Waals surface area contributed by atoms with E-state index in [1.807, 2.05) is 50.5 Å². The van der Waals surface area contributed by atoms with Crippen LogP contribution in [0.2, 0.25) is 0 Å². The van der Waals surface area contributed by atoms with Gasteiger partial charge >= 0.3 is 0 Å². The first-order valence-corrected chi connectivity index (χ1v) is 13.8. The molecule has 0 aliphatic carbocycles. The van der Waals surface area contributed by atoms with Crippen molar-refractivity contribution in [2.45, 2.75) is 24.0 Å². The molecule has 2 aromatic heterocycles. The minimum Gasteiger partial charge on any atom is -0.377 e. The van der Waals surface area contributed by atoms with Crippen LogP contribution in [-0.4, -0.2) is 52.4 Å². The van der Waals surface area contributed by atoms with E-state index in [-0.39, 0.29) is 5.91 Å². The zero-order valence-electron chi connectivity index (χ0n) is 22.0. The number of aldehydes is 1. The van der Waals surface area contributed by atoms with E-state index in [2.05, 4.69) is 68.5 Å².